The van der Waals surface area contributed by atoms with Crippen molar-refractivity contribution < 1.29 is 82.3 Å². The number of alkyl halides is 3. The Bertz CT molecular complexity index is 457. The summed E-state index contributed by atoms with van der Waals surface area (Å²) >= 11 is 0. The van der Waals surface area contributed by atoms with Gasteiger partial charge in [0, 0.05) is 12.1 Å². The molecule has 0 bridgehead atoms. The van der Waals surface area contributed by atoms with Gasteiger partial charge in [0.15, 0.2) is 0 Å². The van der Waals surface area contributed by atoms with Crippen molar-refractivity contribution in [3.05, 3.63) is 6.20 Å². The molecule has 1 amide bonds. The van der Waals surface area contributed by atoms with E-state index in [2.05, 4.69) is 5.10 Å². The van der Waals surface area contributed by atoms with Gasteiger partial charge in [0.05, 0.1) is 11.9 Å². The zero-order chi connectivity index (χ0) is 14.1. The standard InChI is InChI=1S/C7H7BF6N3O.K/c1-2-17-5(8(12,13)14)4(3-15-17)16-6(18)7(9,10)11;/h3H,2H2,1H3,(H,16,18);/q-1;+1. The Balaban J connectivity index is 0.00000324. The maximum Gasteiger partial charge on any atom is 1.00 e. The molecule has 0 atom stereocenters. The summed E-state index contributed by atoms with van der Waals surface area (Å²) in [6.45, 7) is -4.42. The van der Waals surface area contributed by atoms with E-state index in [1.165, 1.54) is 6.92 Å². The number of hydrogen-bond acceptors (Lipinski definition) is 2. The van der Waals surface area contributed by atoms with Crippen LogP contribution in [-0.4, -0.2) is 28.8 Å². The molecule has 1 heterocycles. The Hall–Kier alpha value is -0.0387. The molecular formula is C7H7BF6KN3O. The van der Waals surface area contributed by atoms with Gasteiger partial charge in [-0.3, -0.25) is 9.48 Å². The van der Waals surface area contributed by atoms with E-state index in [4.69, 9.17) is 0 Å². The van der Waals surface area contributed by atoms with Gasteiger partial charge >= 0.3 is 70.4 Å². The molecule has 0 radical (unpaired) electrons. The van der Waals surface area contributed by atoms with Crippen LogP contribution in [0.15, 0.2) is 6.20 Å². The van der Waals surface area contributed by atoms with Crippen LogP contribution in [0.1, 0.15) is 6.92 Å². The minimum Gasteiger partial charge on any atom is -0.444 e. The molecule has 1 aromatic heterocycles. The van der Waals surface area contributed by atoms with E-state index in [0.29, 0.717) is 10.9 Å². The number of hydrogen-bond donors (Lipinski definition) is 1. The first kappa shape index (κ1) is 19.0. The van der Waals surface area contributed by atoms with Gasteiger partial charge in [-0.1, -0.05) is 0 Å². The maximum atomic E-state index is 12.6. The second kappa shape index (κ2) is 6.61. The fourth-order valence-electron chi connectivity index (χ4n) is 1.28. The van der Waals surface area contributed by atoms with Gasteiger partial charge in [-0.25, -0.2) is 0 Å². The molecular weight excluding hydrogens is 306 g/mol. The van der Waals surface area contributed by atoms with Gasteiger partial charge in [0.2, 0.25) is 0 Å². The zero-order valence-corrected chi connectivity index (χ0v) is 13.1. The Morgan fingerprint density at radius 2 is 1.95 bits per heavy atom. The molecule has 0 aromatic carbocycles. The Morgan fingerprint density at radius 1 is 1.42 bits per heavy atom. The molecule has 1 rings (SSSR count). The number of aryl methyl sites for hydroxylation is 1. The summed E-state index contributed by atoms with van der Waals surface area (Å²) < 4.78 is 74.2. The van der Waals surface area contributed by atoms with Crippen molar-refractivity contribution in [1.29, 1.82) is 0 Å². The molecule has 0 aliphatic carbocycles. The third kappa shape index (κ3) is 4.77. The van der Waals surface area contributed by atoms with E-state index in [1.54, 1.807) is 0 Å². The topological polar surface area (TPSA) is 46.9 Å². The first-order valence-corrected chi connectivity index (χ1v) is 4.71. The third-order valence-corrected chi connectivity index (χ3v) is 2.00. The summed E-state index contributed by atoms with van der Waals surface area (Å²) in [5.74, 6) is -2.47. The molecule has 1 aromatic rings. The SMILES string of the molecule is CCn1ncc(NC(=O)C(F)(F)F)c1[B-](F)(F)F.[K+]. The van der Waals surface area contributed by atoms with Crippen molar-refractivity contribution in [1.82, 2.24) is 9.78 Å². The Kier molecular flexibility index (Phi) is 6.60. The van der Waals surface area contributed by atoms with E-state index < -0.39 is 30.3 Å². The predicted octanol–water partition coefficient (Wildman–Crippen LogP) is -1.54. The van der Waals surface area contributed by atoms with Crippen molar-refractivity contribution in [2.24, 2.45) is 0 Å². The van der Waals surface area contributed by atoms with E-state index in [9.17, 15) is 30.9 Å². The first-order valence-electron chi connectivity index (χ1n) is 4.71. The number of carbonyl (C=O) groups is 1. The average Bonchev–Trinajstić information content (AvgIpc) is 2.58. The van der Waals surface area contributed by atoms with Gasteiger partial charge in [-0.2, -0.15) is 18.3 Å². The zero-order valence-electron chi connectivity index (χ0n) is 9.93. The summed E-state index contributed by atoms with van der Waals surface area (Å²) in [7, 11) is 0. The molecule has 102 valence electrons. The van der Waals surface area contributed by atoms with E-state index in [-0.39, 0.29) is 57.9 Å². The fourth-order valence-corrected chi connectivity index (χ4v) is 1.28. The van der Waals surface area contributed by atoms with Gasteiger partial charge in [0.25, 0.3) is 0 Å². The predicted molar refractivity (Wildman–Crippen MR) is 51.3 cm³/mol. The van der Waals surface area contributed by atoms with Crippen LogP contribution in [0.2, 0.25) is 0 Å². The summed E-state index contributed by atoms with van der Waals surface area (Å²) in [5, 5.41) is 4.43. The molecule has 0 unspecified atom stereocenters. The van der Waals surface area contributed by atoms with Gasteiger partial charge in [-0.05, 0) is 6.92 Å². The van der Waals surface area contributed by atoms with Crippen molar-refractivity contribution in [2.75, 3.05) is 5.32 Å². The van der Waals surface area contributed by atoms with E-state index >= 15 is 0 Å². The van der Waals surface area contributed by atoms with E-state index in [0.717, 1.165) is 5.32 Å². The van der Waals surface area contributed by atoms with Crippen LogP contribution in [-0.2, 0) is 11.3 Å². The molecule has 0 saturated carbocycles. The summed E-state index contributed by atoms with van der Waals surface area (Å²) in [5.41, 5.74) is -2.36. The summed E-state index contributed by atoms with van der Waals surface area (Å²) in [4.78, 5) is 10.6. The molecule has 19 heavy (non-hydrogen) atoms. The average molecular weight is 313 g/mol. The number of aromatic nitrogens is 2. The first-order chi connectivity index (χ1) is 8.07. The van der Waals surface area contributed by atoms with Crippen LogP contribution in [0.4, 0.5) is 31.8 Å². The molecule has 0 saturated heterocycles. The number of nitrogens with zero attached hydrogens (tertiary/aromatic N) is 2. The molecule has 0 spiro atoms. The summed E-state index contributed by atoms with van der Waals surface area (Å²) in [6, 6.07) is 0. The van der Waals surface area contributed by atoms with Crippen molar-refractivity contribution in [3.63, 3.8) is 0 Å². The van der Waals surface area contributed by atoms with Crippen LogP contribution in [0.25, 0.3) is 0 Å². The quantitative estimate of drug-likeness (QED) is 0.543. The van der Waals surface area contributed by atoms with Crippen LogP contribution in [0.5, 0.6) is 0 Å². The Morgan fingerprint density at radius 3 is 2.32 bits per heavy atom. The minimum absolute atomic E-state index is 0. The number of anilines is 1. The molecule has 0 aliphatic rings. The minimum atomic E-state index is -5.58. The van der Waals surface area contributed by atoms with Crippen LogP contribution >= 0.6 is 0 Å². The van der Waals surface area contributed by atoms with Crippen molar-refractivity contribution in [3.8, 4) is 0 Å². The van der Waals surface area contributed by atoms with Gasteiger partial charge in [-0.15, -0.1) is 0 Å². The second-order valence-corrected chi connectivity index (χ2v) is 3.29. The molecule has 4 nitrogen and oxygen atoms in total. The number of rotatable bonds is 3. The largest absolute Gasteiger partial charge is 1.00 e. The van der Waals surface area contributed by atoms with Crippen LogP contribution < -0.4 is 62.3 Å². The van der Waals surface area contributed by atoms with Gasteiger partial charge < -0.3 is 18.3 Å². The molecule has 0 fully saturated rings. The number of halogens is 6. The number of nitrogens with one attached hydrogen (secondary N) is 1. The fraction of sp³-hybridized carbons (Fsp3) is 0.429. The molecule has 12 heteroatoms. The van der Waals surface area contributed by atoms with Crippen molar-refractivity contribution in [2.45, 2.75) is 19.6 Å². The smallest absolute Gasteiger partial charge is 0.444 e. The van der Waals surface area contributed by atoms with Gasteiger partial charge in [0.1, 0.15) is 0 Å². The second-order valence-electron chi connectivity index (χ2n) is 3.29. The van der Waals surface area contributed by atoms with Crippen LogP contribution in [0, 0.1) is 0 Å². The number of amides is 1. The Labute approximate surface area is 146 Å². The van der Waals surface area contributed by atoms with Crippen LogP contribution in [0.3, 0.4) is 0 Å². The van der Waals surface area contributed by atoms with Crippen molar-refractivity contribution >= 4 is 24.2 Å². The molecule has 1 N–H and O–H groups in total. The number of carbonyl (C=O) groups excluding carboxylic acids is 1. The molecule has 0 aliphatic heterocycles. The monoisotopic (exact) mass is 313 g/mol. The van der Waals surface area contributed by atoms with E-state index in [1.807, 2.05) is 0 Å². The normalized spacial score (nSPS) is 11.9. The maximum absolute atomic E-state index is 12.6. The third-order valence-electron chi connectivity index (χ3n) is 2.00. The summed E-state index contributed by atoms with van der Waals surface area (Å²) in [6.07, 6.45) is -4.72.